The number of nitrogens with zero attached hydrogens (tertiary/aromatic N) is 1. The third kappa shape index (κ3) is 2.63. The molecule has 0 fully saturated rings. The maximum absolute atomic E-state index is 13.6. The summed E-state index contributed by atoms with van der Waals surface area (Å²) in [5.74, 6) is -0.692. The molecule has 3 aromatic rings. The number of nitrogens with two attached hydrogens (primary N) is 1. The minimum atomic E-state index is -0.632. The van der Waals surface area contributed by atoms with Crippen LogP contribution in [0.2, 0.25) is 0 Å². The van der Waals surface area contributed by atoms with E-state index >= 15 is 0 Å². The van der Waals surface area contributed by atoms with Crippen molar-refractivity contribution in [2.24, 2.45) is 0 Å². The number of benzene rings is 2. The van der Waals surface area contributed by atoms with E-state index in [1.54, 1.807) is 24.4 Å². The second-order valence-corrected chi connectivity index (χ2v) is 4.58. The molecule has 0 unspecified atom stereocenters. The molecule has 0 aliphatic rings. The summed E-state index contributed by atoms with van der Waals surface area (Å²) in [6, 6.07) is 10.4. The van der Waals surface area contributed by atoms with Crippen LogP contribution in [0, 0.1) is 11.6 Å². The summed E-state index contributed by atoms with van der Waals surface area (Å²) in [5.41, 5.74) is 7.32. The number of rotatable bonds is 3. The van der Waals surface area contributed by atoms with Crippen LogP contribution in [0.25, 0.3) is 10.9 Å². The third-order valence-electron chi connectivity index (χ3n) is 3.16. The van der Waals surface area contributed by atoms with E-state index in [2.05, 4.69) is 4.98 Å². The molecule has 0 bridgehead atoms. The van der Waals surface area contributed by atoms with Gasteiger partial charge in [-0.05, 0) is 36.4 Å². The average molecular weight is 286 g/mol. The topological polar surface area (TPSA) is 48.1 Å². The molecule has 0 aliphatic heterocycles. The first-order valence-corrected chi connectivity index (χ1v) is 6.35. The van der Waals surface area contributed by atoms with Gasteiger partial charge in [0.2, 0.25) is 0 Å². The number of ether oxygens (including phenoxy) is 1. The molecular weight excluding hydrogens is 274 g/mol. The zero-order chi connectivity index (χ0) is 14.8. The van der Waals surface area contributed by atoms with Gasteiger partial charge >= 0.3 is 0 Å². The van der Waals surface area contributed by atoms with E-state index in [4.69, 9.17) is 10.5 Å². The molecule has 0 saturated carbocycles. The van der Waals surface area contributed by atoms with Crippen LogP contribution >= 0.6 is 0 Å². The number of anilines is 1. The molecule has 0 aliphatic carbocycles. The van der Waals surface area contributed by atoms with Gasteiger partial charge in [-0.25, -0.2) is 8.78 Å². The molecule has 2 N–H and O–H groups in total. The van der Waals surface area contributed by atoms with Crippen molar-refractivity contribution < 1.29 is 13.5 Å². The van der Waals surface area contributed by atoms with E-state index in [0.29, 0.717) is 17.0 Å². The Labute approximate surface area is 120 Å². The van der Waals surface area contributed by atoms with E-state index < -0.39 is 11.6 Å². The fraction of sp³-hybridized carbons (Fsp3) is 0.0625. The van der Waals surface area contributed by atoms with Crippen LogP contribution < -0.4 is 10.5 Å². The van der Waals surface area contributed by atoms with E-state index in [1.165, 1.54) is 12.1 Å². The molecule has 0 saturated heterocycles. The van der Waals surface area contributed by atoms with Crippen molar-refractivity contribution in [1.29, 1.82) is 0 Å². The number of halogens is 2. The Morgan fingerprint density at radius 3 is 2.76 bits per heavy atom. The van der Waals surface area contributed by atoms with Crippen molar-refractivity contribution in [1.82, 2.24) is 4.98 Å². The zero-order valence-electron chi connectivity index (χ0n) is 11.0. The van der Waals surface area contributed by atoms with E-state index in [-0.39, 0.29) is 12.2 Å². The summed E-state index contributed by atoms with van der Waals surface area (Å²) < 4.78 is 32.1. The van der Waals surface area contributed by atoms with Gasteiger partial charge in [-0.2, -0.15) is 0 Å². The summed E-state index contributed by atoms with van der Waals surface area (Å²) in [4.78, 5) is 4.20. The number of fused-ring (bicyclic) bond motifs is 1. The quantitative estimate of drug-likeness (QED) is 0.747. The second kappa shape index (κ2) is 5.36. The maximum atomic E-state index is 13.6. The Morgan fingerprint density at radius 1 is 1.10 bits per heavy atom. The summed E-state index contributed by atoms with van der Waals surface area (Å²) in [6.45, 7) is 0.0000255. The first-order chi connectivity index (χ1) is 10.1. The lowest BCUT2D eigenvalue weighted by Crippen LogP contribution is -2.00. The van der Waals surface area contributed by atoms with Gasteiger partial charge in [0.15, 0.2) is 0 Å². The SMILES string of the molecule is Nc1ccc(OCc2ccc(F)cc2F)c2cccnc12. The molecular formula is C16H12F2N2O. The second-order valence-electron chi connectivity index (χ2n) is 4.58. The average Bonchev–Trinajstić information content (AvgIpc) is 2.48. The van der Waals surface area contributed by atoms with Gasteiger partial charge in [-0.15, -0.1) is 0 Å². The highest BCUT2D eigenvalue weighted by Gasteiger charge is 2.08. The van der Waals surface area contributed by atoms with Crippen molar-refractivity contribution in [3.05, 3.63) is 65.9 Å². The van der Waals surface area contributed by atoms with Crippen molar-refractivity contribution in [3.8, 4) is 5.75 Å². The van der Waals surface area contributed by atoms with Crippen LogP contribution in [0.5, 0.6) is 5.75 Å². The highest BCUT2D eigenvalue weighted by Crippen LogP contribution is 2.29. The lowest BCUT2D eigenvalue weighted by Gasteiger charge is -2.11. The standard InChI is InChI=1S/C16H12F2N2O/c17-11-4-3-10(13(18)8-11)9-21-15-6-5-14(19)16-12(15)2-1-7-20-16/h1-8H,9,19H2. The first kappa shape index (κ1) is 13.3. The fourth-order valence-electron chi connectivity index (χ4n) is 2.09. The summed E-state index contributed by atoms with van der Waals surface area (Å²) in [6.07, 6.45) is 1.64. The number of hydrogen-bond acceptors (Lipinski definition) is 3. The van der Waals surface area contributed by atoms with Gasteiger partial charge in [-0.1, -0.05) is 0 Å². The van der Waals surface area contributed by atoms with Crippen LogP contribution in [-0.4, -0.2) is 4.98 Å². The summed E-state index contributed by atoms with van der Waals surface area (Å²) >= 11 is 0. The molecule has 0 atom stereocenters. The van der Waals surface area contributed by atoms with Gasteiger partial charge in [0.25, 0.3) is 0 Å². The molecule has 1 heterocycles. The van der Waals surface area contributed by atoms with Crippen molar-refractivity contribution in [2.45, 2.75) is 6.61 Å². The third-order valence-corrected chi connectivity index (χ3v) is 3.16. The number of pyridine rings is 1. The van der Waals surface area contributed by atoms with Crippen LogP contribution in [0.15, 0.2) is 48.7 Å². The van der Waals surface area contributed by atoms with Gasteiger partial charge < -0.3 is 10.5 Å². The first-order valence-electron chi connectivity index (χ1n) is 6.35. The predicted molar refractivity (Wildman–Crippen MR) is 76.8 cm³/mol. The molecule has 5 heteroatoms. The van der Waals surface area contributed by atoms with E-state index in [0.717, 1.165) is 11.5 Å². The molecule has 2 aromatic carbocycles. The molecule has 0 radical (unpaired) electrons. The van der Waals surface area contributed by atoms with Crippen molar-refractivity contribution in [2.75, 3.05) is 5.73 Å². The molecule has 21 heavy (non-hydrogen) atoms. The zero-order valence-corrected chi connectivity index (χ0v) is 11.0. The predicted octanol–water partition coefficient (Wildman–Crippen LogP) is 3.67. The number of hydrogen-bond donors (Lipinski definition) is 1. The molecule has 106 valence electrons. The van der Waals surface area contributed by atoms with Crippen LogP contribution in [-0.2, 0) is 6.61 Å². The minimum absolute atomic E-state index is 0.0000255. The van der Waals surface area contributed by atoms with Crippen LogP contribution in [0.1, 0.15) is 5.56 Å². The summed E-state index contributed by atoms with van der Waals surface area (Å²) in [5, 5.41) is 0.750. The van der Waals surface area contributed by atoms with Gasteiger partial charge in [0, 0.05) is 23.2 Å². The number of aromatic nitrogens is 1. The normalized spacial score (nSPS) is 10.8. The van der Waals surface area contributed by atoms with Gasteiger partial charge in [-0.3, -0.25) is 4.98 Å². The Hall–Kier alpha value is -2.69. The Bertz CT molecular complexity index is 805. The van der Waals surface area contributed by atoms with Crippen LogP contribution in [0.3, 0.4) is 0 Å². The lowest BCUT2D eigenvalue weighted by atomic mass is 10.1. The molecule has 0 spiro atoms. The van der Waals surface area contributed by atoms with Gasteiger partial charge in [0.05, 0.1) is 11.2 Å². The summed E-state index contributed by atoms with van der Waals surface area (Å²) in [7, 11) is 0. The largest absolute Gasteiger partial charge is 0.488 e. The van der Waals surface area contributed by atoms with E-state index in [1.807, 2.05) is 6.07 Å². The van der Waals surface area contributed by atoms with Gasteiger partial charge in [0.1, 0.15) is 24.0 Å². The molecule has 1 aromatic heterocycles. The van der Waals surface area contributed by atoms with Crippen molar-refractivity contribution >= 4 is 16.6 Å². The Morgan fingerprint density at radius 2 is 1.95 bits per heavy atom. The lowest BCUT2D eigenvalue weighted by molar-refractivity contribution is 0.303. The smallest absolute Gasteiger partial charge is 0.132 e. The van der Waals surface area contributed by atoms with Crippen LogP contribution in [0.4, 0.5) is 14.5 Å². The highest BCUT2D eigenvalue weighted by molar-refractivity contribution is 5.93. The number of nitrogen functional groups attached to an aromatic ring is 1. The highest BCUT2D eigenvalue weighted by atomic mass is 19.1. The molecule has 0 amide bonds. The Balaban J connectivity index is 1.90. The van der Waals surface area contributed by atoms with Crippen molar-refractivity contribution in [3.63, 3.8) is 0 Å². The fourth-order valence-corrected chi connectivity index (χ4v) is 2.09. The maximum Gasteiger partial charge on any atom is 0.132 e. The monoisotopic (exact) mass is 286 g/mol. The van der Waals surface area contributed by atoms with E-state index in [9.17, 15) is 8.78 Å². The molecule has 3 nitrogen and oxygen atoms in total. The Kier molecular flexibility index (Phi) is 3.39. The minimum Gasteiger partial charge on any atom is -0.488 e. The molecule has 3 rings (SSSR count).